The van der Waals surface area contributed by atoms with Crippen molar-refractivity contribution in [3.8, 4) is 5.75 Å². The van der Waals surface area contributed by atoms with Crippen molar-refractivity contribution in [2.45, 2.75) is 46.6 Å². The minimum Gasteiger partial charge on any atom is -0.488 e. The standard InChI is InChI=1S/C20H27NO/c1-5-17-12-9-11-16(4)20(17)21-14-18(6-2)22-19-13-8-7-10-15(19)3/h7-13,18,21H,5-6,14H2,1-4H3. The normalized spacial score (nSPS) is 12.0. The number of benzene rings is 2. The summed E-state index contributed by atoms with van der Waals surface area (Å²) in [5.41, 5.74) is 5.11. The molecule has 0 heterocycles. The molecule has 1 atom stereocenters. The van der Waals surface area contributed by atoms with E-state index in [0.29, 0.717) is 0 Å². The molecule has 0 fully saturated rings. The van der Waals surface area contributed by atoms with Crippen molar-refractivity contribution in [2.24, 2.45) is 0 Å². The largest absolute Gasteiger partial charge is 0.488 e. The Balaban J connectivity index is 2.04. The van der Waals surface area contributed by atoms with Crippen molar-refractivity contribution in [1.29, 1.82) is 0 Å². The Morgan fingerprint density at radius 2 is 1.68 bits per heavy atom. The van der Waals surface area contributed by atoms with Crippen LogP contribution in [0.5, 0.6) is 5.75 Å². The number of para-hydroxylation sites is 2. The Morgan fingerprint density at radius 1 is 0.955 bits per heavy atom. The van der Waals surface area contributed by atoms with Crippen LogP contribution in [-0.2, 0) is 6.42 Å². The molecular formula is C20H27NO. The molecule has 2 heteroatoms. The zero-order valence-electron chi connectivity index (χ0n) is 14.1. The van der Waals surface area contributed by atoms with Gasteiger partial charge in [-0.15, -0.1) is 0 Å². The van der Waals surface area contributed by atoms with Crippen molar-refractivity contribution >= 4 is 5.69 Å². The fraction of sp³-hybridized carbons (Fsp3) is 0.400. The number of rotatable bonds is 7. The third-order valence-corrected chi connectivity index (χ3v) is 4.09. The summed E-state index contributed by atoms with van der Waals surface area (Å²) in [7, 11) is 0. The van der Waals surface area contributed by atoms with Gasteiger partial charge in [-0.3, -0.25) is 0 Å². The van der Waals surface area contributed by atoms with E-state index >= 15 is 0 Å². The molecule has 0 amide bonds. The van der Waals surface area contributed by atoms with Crippen LogP contribution in [0.4, 0.5) is 5.69 Å². The number of hydrogen-bond donors (Lipinski definition) is 1. The van der Waals surface area contributed by atoms with Crippen LogP contribution in [0, 0.1) is 13.8 Å². The monoisotopic (exact) mass is 297 g/mol. The van der Waals surface area contributed by atoms with Gasteiger partial charge in [-0.2, -0.15) is 0 Å². The van der Waals surface area contributed by atoms with Gasteiger partial charge in [-0.25, -0.2) is 0 Å². The average Bonchev–Trinajstić information content (AvgIpc) is 2.53. The van der Waals surface area contributed by atoms with Crippen LogP contribution >= 0.6 is 0 Å². The van der Waals surface area contributed by atoms with Crippen LogP contribution in [0.2, 0.25) is 0 Å². The third kappa shape index (κ3) is 4.03. The van der Waals surface area contributed by atoms with Crippen LogP contribution in [0.1, 0.15) is 37.0 Å². The zero-order chi connectivity index (χ0) is 15.9. The number of hydrogen-bond acceptors (Lipinski definition) is 2. The van der Waals surface area contributed by atoms with E-state index in [2.05, 4.69) is 57.3 Å². The lowest BCUT2D eigenvalue weighted by Crippen LogP contribution is -2.26. The highest BCUT2D eigenvalue weighted by Crippen LogP contribution is 2.22. The number of anilines is 1. The topological polar surface area (TPSA) is 21.3 Å². The molecule has 0 aliphatic carbocycles. The van der Waals surface area contributed by atoms with Crippen molar-refractivity contribution < 1.29 is 4.74 Å². The van der Waals surface area contributed by atoms with Gasteiger partial charge in [0.1, 0.15) is 11.9 Å². The Labute approximate surface area is 134 Å². The van der Waals surface area contributed by atoms with Crippen molar-refractivity contribution in [3.63, 3.8) is 0 Å². The fourth-order valence-corrected chi connectivity index (χ4v) is 2.63. The third-order valence-electron chi connectivity index (χ3n) is 4.09. The first-order valence-electron chi connectivity index (χ1n) is 8.20. The maximum absolute atomic E-state index is 6.17. The van der Waals surface area contributed by atoms with Crippen LogP contribution in [0.25, 0.3) is 0 Å². The second-order valence-electron chi connectivity index (χ2n) is 5.76. The highest BCUT2D eigenvalue weighted by Gasteiger charge is 2.11. The Hall–Kier alpha value is -1.96. The Kier molecular flexibility index (Phi) is 5.88. The molecule has 0 saturated heterocycles. The van der Waals surface area contributed by atoms with E-state index in [9.17, 15) is 0 Å². The maximum atomic E-state index is 6.17. The lowest BCUT2D eigenvalue weighted by Gasteiger charge is -2.22. The molecule has 2 rings (SSSR count). The summed E-state index contributed by atoms with van der Waals surface area (Å²) < 4.78 is 6.17. The summed E-state index contributed by atoms with van der Waals surface area (Å²) in [6, 6.07) is 14.7. The lowest BCUT2D eigenvalue weighted by molar-refractivity contribution is 0.208. The molecule has 0 saturated carbocycles. The minimum atomic E-state index is 0.172. The van der Waals surface area contributed by atoms with Crippen molar-refractivity contribution in [3.05, 3.63) is 59.2 Å². The van der Waals surface area contributed by atoms with Gasteiger partial charge in [0.05, 0.1) is 6.54 Å². The molecule has 0 aliphatic heterocycles. The van der Waals surface area contributed by atoms with Crippen LogP contribution < -0.4 is 10.1 Å². The summed E-state index contributed by atoms with van der Waals surface area (Å²) in [5.74, 6) is 0.983. The second-order valence-corrected chi connectivity index (χ2v) is 5.76. The molecule has 2 aromatic rings. The van der Waals surface area contributed by atoms with E-state index in [0.717, 1.165) is 25.1 Å². The summed E-state index contributed by atoms with van der Waals surface area (Å²) in [4.78, 5) is 0. The Morgan fingerprint density at radius 3 is 2.36 bits per heavy atom. The summed E-state index contributed by atoms with van der Waals surface area (Å²) >= 11 is 0. The molecule has 0 aromatic heterocycles. The number of nitrogens with one attached hydrogen (secondary N) is 1. The van der Waals surface area contributed by atoms with Gasteiger partial charge in [0, 0.05) is 5.69 Å². The number of aryl methyl sites for hydroxylation is 3. The first-order chi connectivity index (χ1) is 10.7. The van der Waals surface area contributed by atoms with Crippen molar-refractivity contribution in [2.75, 3.05) is 11.9 Å². The van der Waals surface area contributed by atoms with Gasteiger partial charge in [-0.05, 0) is 49.4 Å². The molecule has 0 radical (unpaired) electrons. The first kappa shape index (κ1) is 16.4. The number of ether oxygens (including phenoxy) is 1. The molecular weight excluding hydrogens is 270 g/mol. The predicted octanol–water partition coefficient (Wildman–Crippen LogP) is 5.14. The van der Waals surface area contributed by atoms with Gasteiger partial charge in [-0.1, -0.05) is 50.2 Å². The van der Waals surface area contributed by atoms with Gasteiger partial charge < -0.3 is 10.1 Å². The molecule has 1 N–H and O–H groups in total. The van der Waals surface area contributed by atoms with Gasteiger partial charge in [0.15, 0.2) is 0 Å². The van der Waals surface area contributed by atoms with E-state index in [1.807, 2.05) is 18.2 Å². The Bertz CT molecular complexity index is 606. The highest BCUT2D eigenvalue weighted by molar-refractivity contribution is 5.57. The molecule has 0 bridgehead atoms. The van der Waals surface area contributed by atoms with E-state index in [1.165, 1.54) is 22.4 Å². The second kappa shape index (κ2) is 7.88. The van der Waals surface area contributed by atoms with Crippen LogP contribution in [-0.4, -0.2) is 12.6 Å². The van der Waals surface area contributed by atoms with E-state index < -0.39 is 0 Å². The van der Waals surface area contributed by atoms with Gasteiger partial charge in [0.2, 0.25) is 0 Å². The summed E-state index contributed by atoms with van der Waals surface area (Å²) in [6.45, 7) is 9.43. The molecule has 0 aliphatic rings. The molecule has 118 valence electrons. The predicted molar refractivity (Wildman–Crippen MR) is 94.9 cm³/mol. The smallest absolute Gasteiger partial charge is 0.122 e. The molecule has 1 unspecified atom stereocenters. The first-order valence-corrected chi connectivity index (χ1v) is 8.20. The zero-order valence-corrected chi connectivity index (χ0v) is 14.1. The van der Waals surface area contributed by atoms with E-state index in [4.69, 9.17) is 4.74 Å². The van der Waals surface area contributed by atoms with Crippen LogP contribution in [0.15, 0.2) is 42.5 Å². The lowest BCUT2D eigenvalue weighted by atomic mass is 10.1. The molecule has 22 heavy (non-hydrogen) atoms. The highest BCUT2D eigenvalue weighted by atomic mass is 16.5. The average molecular weight is 297 g/mol. The maximum Gasteiger partial charge on any atom is 0.122 e. The minimum absolute atomic E-state index is 0.172. The van der Waals surface area contributed by atoms with Crippen molar-refractivity contribution in [1.82, 2.24) is 0 Å². The van der Waals surface area contributed by atoms with Crippen LogP contribution in [0.3, 0.4) is 0 Å². The van der Waals surface area contributed by atoms with E-state index in [-0.39, 0.29) is 6.10 Å². The molecule has 2 aromatic carbocycles. The summed E-state index contributed by atoms with van der Waals surface area (Å²) in [6.07, 6.45) is 2.19. The molecule has 0 spiro atoms. The quantitative estimate of drug-likeness (QED) is 0.764. The van der Waals surface area contributed by atoms with E-state index in [1.54, 1.807) is 0 Å². The van der Waals surface area contributed by atoms with Gasteiger partial charge in [0.25, 0.3) is 0 Å². The molecule has 2 nitrogen and oxygen atoms in total. The SMILES string of the molecule is CCc1cccc(C)c1NCC(CC)Oc1ccccc1C. The summed E-state index contributed by atoms with van der Waals surface area (Å²) in [5, 5.41) is 3.60. The fourth-order valence-electron chi connectivity index (χ4n) is 2.63. The van der Waals surface area contributed by atoms with Gasteiger partial charge >= 0.3 is 0 Å².